The Morgan fingerprint density at radius 3 is 2.45 bits per heavy atom. The second kappa shape index (κ2) is 11.3. The number of benzene rings is 2. The number of rotatable bonds is 10. The zero-order valence-electron chi connectivity index (χ0n) is 19.3. The van der Waals surface area contributed by atoms with Gasteiger partial charge in [-0.15, -0.1) is 0 Å². The molecule has 7 heteroatoms. The van der Waals surface area contributed by atoms with Gasteiger partial charge in [-0.25, -0.2) is 0 Å². The number of ketones is 1. The average Bonchev–Trinajstić information content (AvgIpc) is 3.05. The minimum Gasteiger partial charge on any atom is -0.507 e. The molecule has 1 aliphatic heterocycles. The highest BCUT2D eigenvalue weighted by Gasteiger charge is 2.45. The lowest BCUT2D eigenvalue weighted by Crippen LogP contribution is -2.31. The van der Waals surface area contributed by atoms with Gasteiger partial charge < -0.3 is 19.5 Å². The maximum absolute atomic E-state index is 13.0. The molecule has 0 aromatic heterocycles. The minimum atomic E-state index is -0.708. The lowest BCUT2D eigenvalue weighted by atomic mass is 9.94. The largest absolute Gasteiger partial charge is 0.507 e. The van der Waals surface area contributed by atoms with Gasteiger partial charge in [-0.3, -0.25) is 9.59 Å². The highest BCUT2D eigenvalue weighted by molar-refractivity contribution is 6.46. The fraction of sp³-hybridized carbons (Fsp3) is 0.385. The molecule has 33 heavy (non-hydrogen) atoms. The normalized spacial score (nSPS) is 17.6. The number of methoxy groups -OCH3 is 1. The fourth-order valence-electron chi connectivity index (χ4n) is 3.92. The predicted octanol–water partition coefficient (Wildman–Crippen LogP) is 5.29. The van der Waals surface area contributed by atoms with Crippen molar-refractivity contribution in [3.05, 3.63) is 69.8 Å². The van der Waals surface area contributed by atoms with E-state index in [2.05, 4.69) is 6.92 Å². The van der Waals surface area contributed by atoms with E-state index in [0.717, 1.165) is 24.2 Å². The summed E-state index contributed by atoms with van der Waals surface area (Å²) in [6.45, 7) is 5.38. The molecule has 1 atom stereocenters. The van der Waals surface area contributed by atoms with Crippen LogP contribution in [0.25, 0.3) is 5.76 Å². The van der Waals surface area contributed by atoms with E-state index in [1.165, 1.54) is 4.90 Å². The smallest absolute Gasteiger partial charge is 0.295 e. The van der Waals surface area contributed by atoms with Gasteiger partial charge in [-0.2, -0.15) is 0 Å². The van der Waals surface area contributed by atoms with Gasteiger partial charge in [0.05, 0.1) is 18.2 Å². The fourth-order valence-corrected chi connectivity index (χ4v) is 4.05. The number of Topliss-reactive ketones (excluding diaryl/α,β-unsaturated/α-hetero) is 1. The quantitative estimate of drug-likeness (QED) is 0.220. The monoisotopic (exact) mass is 471 g/mol. The molecule has 0 saturated carbocycles. The number of hydrogen-bond acceptors (Lipinski definition) is 5. The van der Waals surface area contributed by atoms with Crippen molar-refractivity contribution in [2.45, 2.75) is 39.2 Å². The van der Waals surface area contributed by atoms with Gasteiger partial charge in [-0.1, -0.05) is 37.1 Å². The van der Waals surface area contributed by atoms with Crippen molar-refractivity contribution in [1.82, 2.24) is 4.90 Å². The van der Waals surface area contributed by atoms with Crippen molar-refractivity contribution in [2.75, 3.05) is 26.9 Å². The molecular weight excluding hydrogens is 442 g/mol. The van der Waals surface area contributed by atoms with Crippen LogP contribution in [0.1, 0.15) is 48.9 Å². The Kier molecular flexibility index (Phi) is 8.53. The Hall–Kier alpha value is -2.83. The number of unbranched alkanes of at least 4 members (excludes halogenated alkanes) is 1. The van der Waals surface area contributed by atoms with E-state index in [0.29, 0.717) is 42.3 Å². The maximum atomic E-state index is 13.0. The topological polar surface area (TPSA) is 76.1 Å². The number of carbonyl (C=O) groups excluding carboxylic acids is 2. The molecule has 2 aromatic rings. The molecule has 1 heterocycles. The third kappa shape index (κ3) is 5.57. The van der Waals surface area contributed by atoms with Crippen LogP contribution in [0.3, 0.4) is 0 Å². The first kappa shape index (κ1) is 24.8. The first-order valence-corrected chi connectivity index (χ1v) is 11.5. The zero-order valence-corrected chi connectivity index (χ0v) is 20.0. The number of aliphatic hydroxyl groups is 1. The summed E-state index contributed by atoms with van der Waals surface area (Å²) in [6, 6.07) is 11.5. The third-order valence-electron chi connectivity index (χ3n) is 5.68. The summed E-state index contributed by atoms with van der Waals surface area (Å²) in [5, 5.41) is 11.7. The minimum absolute atomic E-state index is 0.0683. The van der Waals surface area contributed by atoms with Crippen molar-refractivity contribution < 1.29 is 24.2 Å². The van der Waals surface area contributed by atoms with Crippen molar-refractivity contribution in [1.29, 1.82) is 0 Å². The van der Waals surface area contributed by atoms with Crippen LogP contribution in [-0.2, 0) is 14.3 Å². The Morgan fingerprint density at radius 1 is 1.09 bits per heavy atom. The molecule has 0 bridgehead atoms. The van der Waals surface area contributed by atoms with Gasteiger partial charge in [0.15, 0.2) is 0 Å². The SMILES string of the molecule is CCCCOc1ccc(/C(O)=C2\C(=O)C(=O)N(CCCOC)[C@@H]2c2ccc(Cl)cc2)cc1C. The number of hydrogen-bond donors (Lipinski definition) is 1. The van der Waals surface area contributed by atoms with Crippen molar-refractivity contribution in [3.8, 4) is 5.75 Å². The van der Waals surface area contributed by atoms with Gasteiger partial charge in [0, 0.05) is 30.8 Å². The summed E-state index contributed by atoms with van der Waals surface area (Å²) in [5.74, 6) is -0.811. The van der Waals surface area contributed by atoms with Gasteiger partial charge >= 0.3 is 0 Å². The number of aryl methyl sites for hydroxylation is 1. The Labute approximate surface area is 199 Å². The molecule has 0 radical (unpaired) electrons. The lowest BCUT2D eigenvalue weighted by molar-refractivity contribution is -0.140. The summed E-state index contributed by atoms with van der Waals surface area (Å²) in [6.07, 6.45) is 2.55. The van der Waals surface area contributed by atoms with E-state index in [9.17, 15) is 14.7 Å². The molecule has 0 unspecified atom stereocenters. The molecule has 1 amide bonds. The van der Waals surface area contributed by atoms with Crippen LogP contribution in [0, 0.1) is 6.92 Å². The van der Waals surface area contributed by atoms with Gasteiger partial charge in [-0.05, 0) is 61.2 Å². The van der Waals surface area contributed by atoms with E-state index in [1.54, 1.807) is 49.6 Å². The highest BCUT2D eigenvalue weighted by atomic mass is 35.5. The van der Waals surface area contributed by atoms with Crippen LogP contribution in [0.2, 0.25) is 5.02 Å². The Morgan fingerprint density at radius 2 is 1.82 bits per heavy atom. The van der Waals surface area contributed by atoms with Crippen LogP contribution in [0.4, 0.5) is 0 Å². The molecule has 1 fully saturated rings. The zero-order chi connectivity index (χ0) is 24.0. The Bertz CT molecular complexity index is 1030. The first-order valence-electron chi connectivity index (χ1n) is 11.2. The molecule has 0 spiro atoms. The van der Waals surface area contributed by atoms with Crippen LogP contribution < -0.4 is 4.74 Å². The molecular formula is C26H30ClNO5. The number of amides is 1. The predicted molar refractivity (Wildman–Crippen MR) is 129 cm³/mol. The van der Waals surface area contributed by atoms with Crippen molar-refractivity contribution in [2.24, 2.45) is 0 Å². The Balaban J connectivity index is 2.03. The lowest BCUT2D eigenvalue weighted by Gasteiger charge is -2.25. The standard InChI is InChI=1S/C26H30ClNO5/c1-4-5-15-33-21-12-9-19(16-17(21)2)24(29)22-23(18-7-10-20(27)11-8-18)28(13-6-14-32-3)26(31)25(22)30/h7-12,16,23,29H,4-6,13-15H2,1-3H3/b24-22+/t23-/m1/s1. The molecule has 0 aliphatic carbocycles. The third-order valence-corrected chi connectivity index (χ3v) is 5.93. The molecule has 1 aliphatic rings. The maximum Gasteiger partial charge on any atom is 0.295 e. The van der Waals surface area contributed by atoms with Crippen LogP contribution in [0.15, 0.2) is 48.0 Å². The van der Waals surface area contributed by atoms with E-state index >= 15 is 0 Å². The molecule has 1 N–H and O–H groups in total. The van der Waals surface area contributed by atoms with Crippen molar-refractivity contribution in [3.63, 3.8) is 0 Å². The number of aliphatic hydroxyl groups excluding tert-OH is 1. The van der Waals surface area contributed by atoms with Crippen LogP contribution >= 0.6 is 11.6 Å². The number of ether oxygens (including phenoxy) is 2. The van der Waals surface area contributed by atoms with Crippen LogP contribution in [-0.4, -0.2) is 48.6 Å². The summed E-state index contributed by atoms with van der Waals surface area (Å²) in [5.41, 5.74) is 2.07. The van der Waals surface area contributed by atoms with E-state index in [1.807, 2.05) is 6.92 Å². The number of carbonyl (C=O) groups is 2. The van der Waals surface area contributed by atoms with Crippen molar-refractivity contribution >= 4 is 29.1 Å². The summed E-state index contributed by atoms with van der Waals surface area (Å²) < 4.78 is 10.9. The van der Waals surface area contributed by atoms with E-state index in [-0.39, 0.29) is 11.3 Å². The van der Waals surface area contributed by atoms with E-state index < -0.39 is 17.7 Å². The van der Waals surface area contributed by atoms with E-state index in [4.69, 9.17) is 21.1 Å². The van der Waals surface area contributed by atoms with Gasteiger partial charge in [0.2, 0.25) is 0 Å². The second-order valence-electron chi connectivity index (χ2n) is 8.07. The average molecular weight is 472 g/mol. The number of nitrogens with zero attached hydrogens (tertiary/aromatic N) is 1. The second-order valence-corrected chi connectivity index (χ2v) is 8.51. The molecule has 6 nitrogen and oxygen atoms in total. The summed E-state index contributed by atoms with van der Waals surface area (Å²) in [4.78, 5) is 27.4. The first-order chi connectivity index (χ1) is 15.9. The van der Waals surface area contributed by atoms with Gasteiger partial charge in [0.25, 0.3) is 11.7 Å². The van der Waals surface area contributed by atoms with Gasteiger partial charge in [0.1, 0.15) is 11.5 Å². The highest BCUT2D eigenvalue weighted by Crippen LogP contribution is 2.40. The van der Waals surface area contributed by atoms with Crippen LogP contribution in [0.5, 0.6) is 5.75 Å². The molecule has 3 rings (SSSR count). The number of likely N-dealkylation sites (tertiary alicyclic amines) is 1. The summed E-state index contributed by atoms with van der Waals surface area (Å²) >= 11 is 6.05. The summed E-state index contributed by atoms with van der Waals surface area (Å²) in [7, 11) is 1.59. The molecule has 2 aromatic carbocycles. The number of halogens is 1. The molecule has 176 valence electrons. The molecule has 1 saturated heterocycles.